The van der Waals surface area contributed by atoms with Gasteiger partial charge in [-0.2, -0.15) is 0 Å². The van der Waals surface area contributed by atoms with Gasteiger partial charge < -0.3 is 21.9 Å². The first-order valence-electron chi connectivity index (χ1n) is 0.756. The molecule has 0 spiro atoms. The van der Waals surface area contributed by atoms with Crippen molar-refractivity contribution in [2.45, 2.75) is 0 Å². The van der Waals surface area contributed by atoms with Crippen molar-refractivity contribution < 1.29 is 21.9 Å². The standard InChI is InChI=1S/4HI.4H2O.Sn/h4*1H;4*1H2;/q;;;;;;;;+4/p-4. The van der Waals surface area contributed by atoms with E-state index in [9.17, 15) is 0 Å². The van der Waals surface area contributed by atoms with Gasteiger partial charge in [-0.25, -0.2) is 0 Å². The molecule has 8 N–H and O–H groups in total. The summed E-state index contributed by atoms with van der Waals surface area (Å²) in [4.78, 5) is 0. The van der Waals surface area contributed by atoms with Crippen LogP contribution in [0.4, 0.5) is 0 Å². The number of rotatable bonds is 0. The van der Waals surface area contributed by atoms with Gasteiger partial charge in [-0.05, 0) is 0 Å². The zero-order chi connectivity index (χ0) is 4.50. The van der Waals surface area contributed by atoms with E-state index in [0.717, 1.165) is 0 Å². The molecule has 0 saturated carbocycles. The van der Waals surface area contributed by atoms with Gasteiger partial charge in [0.1, 0.15) is 0 Å². The van der Waals surface area contributed by atoms with Gasteiger partial charge in [0.15, 0.2) is 0 Å². The van der Waals surface area contributed by atoms with Crippen LogP contribution in [0, 0.1) is 0 Å². The van der Waals surface area contributed by atoms with Crippen molar-refractivity contribution in [1.82, 2.24) is 0 Å². The molecule has 0 amide bonds. The molecule has 0 aliphatic carbocycles. The zero-order valence-corrected chi connectivity index (χ0v) is 15.5. The van der Waals surface area contributed by atoms with Crippen LogP contribution in [-0.2, 0) is 0 Å². The summed E-state index contributed by atoms with van der Waals surface area (Å²) < 4.78 is -1.30. The topological polar surface area (TPSA) is 126 Å². The molecule has 0 fully saturated rings. The first kappa shape index (κ1) is 29.4. The molecule has 9 heavy (non-hydrogen) atoms. The molecule has 0 radical (unpaired) electrons. The molecule has 0 heterocycles. The Labute approximate surface area is 96.2 Å². The second kappa shape index (κ2) is 14.1. The van der Waals surface area contributed by atoms with E-state index in [1.165, 1.54) is 0 Å². The van der Waals surface area contributed by atoms with Gasteiger partial charge in [0.05, 0.1) is 0 Å². The summed E-state index contributed by atoms with van der Waals surface area (Å²) in [5.74, 6) is 0. The van der Waals surface area contributed by atoms with Crippen LogP contribution in [0.1, 0.15) is 0 Å². The van der Waals surface area contributed by atoms with E-state index in [-0.39, 0.29) is 21.9 Å². The van der Waals surface area contributed by atoms with Gasteiger partial charge in [0, 0.05) is 0 Å². The van der Waals surface area contributed by atoms with E-state index in [0.29, 0.717) is 0 Å². The number of hydrogen-bond acceptors (Lipinski definition) is 0. The minimum atomic E-state index is -1.30. The predicted molar refractivity (Wildman–Crippen MR) is 76.3 cm³/mol. The van der Waals surface area contributed by atoms with Gasteiger partial charge in [0.25, 0.3) is 0 Å². The summed E-state index contributed by atoms with van der Waals surface area (Å²) in [7, 11) is 0. The number of hydrogen-bond donors (Lipinski definition) is 0. The summed E-state index contributed by atoms with van der Waals surface area (Å²) in [6.45, 7) is 0. The summed E-state index contributed by atoms with van der Waals surface area (Å²) in [5.41, 5.74) is 0. The fourth-order valence-electron chi connectivity index (χ4n) is 0. The third-order valence-corrected chi connectivity index (χ3v) is 0. The maximum atomic E-state index is 2.55. The molecule has 0 aliphatic rings. The van der Waals surface area contributed by atoms with Crippen molar-refractivity contribution in [1.29, 1.82) is 0 Å². The normalized spacial score (nSPS) is 6.67. The Balaban J connectivity index is -0.0000000133. The van der Waals surface area contributed by atoms with Gasteiger partial charge in [-0.3, -0.25) is 0 Å². The second-order valence-corrected chi connectivity index (χ2v) is 129. The molecule has 0 unspecified atom stereocenters. The van der Waals surface area contributed by atoms with Gasteiger partial charge in [-0.15, -0.1) is 0 Å². The quantitative estimate of drug-likeness (QED) is 0.247. The van der Waals surface area contributed by atoms with Crippen LogP contribution >= 0.6 is 74.5 Å². The van der Waals surface area contributed by atoms with Crippen molar-refractivity contribution in [2.24, 2.45) is 0 Å². The van der Waals surface area contributed by atoms with Crippen LogP contribution in [0.2, 0.25) is 0 Å². The van der Waals surface area contributed by atoms with Crippen LogP contribution in [0.5, 0.6) is 0 Å². The first-order chi connectivity index (χ1) is 2.00. The summed E-state index contributed by atoms with van der Waals surface area (Å²) in [6, 6.07) is 0. The van der Waals surface area contributed by atoms with Gasteiger partial charge in [0.2, 0.25) is 0 Å². The molecule has 9 heteroatoms. The molecule has 0 aromatic heterocycles. The van der Waals surface area contributed by atoms with Crippen molar-refractivity contribution in [2.75, 3.05) is 0 Å². The Kier molecular flexibility index (Phi) is 46.0. The van der Waals surface area contributed by atoms with Crippen molar-refractivity contribution in [3.05, 3.63) is 0 Å². The molecule has 0 bridgehead atoms. The summed E-state index contributed by atoms with van der Waals surface area (Å²) >= 11 is 10.2. The maximum absolute atomic E-state index is 2.55. The van der Waals surface area contributed by atoms with E-state index in [1.54, 1.807) is 0 Å². The summed E-state index contributed by atoms with van der Waals surface area (Å²) in [6.07, 6.45) is 0. The van der Waals surface area contributed by atoms with E-state index < -0.39 is 2.50 Å². The molecule has 0 aromatic rings. The minimum absolute atomic E-state index is 0. The fraction of sp³-hybridized carbons (Fsp3) is 0. The SMILES string of the molecule is O.O.O.O.[I][Sn]([I])([I])[I]. The molecule has 0 atom stereocenters. The molecule has 4 nitrogen and oxygen atoms in total. The molecule has 0 aliphatic heterocycles. The Bertz CT molecular complexity index is 28.0. The van der Waals surface area contributed by atoms with Crippen LogP contribution in [0.15, 0.2) is 0 Å². The predicted octanol–water partition coefficient (Wildman–Crippen LogP) is -0.137. The average Bonchev–Trinajstić information content (AvgIpc) is 0.722. The van der Waals surface area contributed by atoms with Crippen molar-refractivity contribution in [3.8, 4) is 0 Å². The monoisotopic (exact) mass is 700 g/mol. The van der Waals surface area contributed by atoms with Crippen molar-refractivity contribution >= 4 is 77.0 Å². The van der Waals surface area contributed by atoms with E-state index >= 15 is 0 Å². The molecule has 0 aromatic carbocycles. The average molecular weight is 698 g/mol. The molecular weight excluding hydrogens is 690 g/mol. The molecule has 64 valence electrons. The second-order valence-electron chi connectivity index (χ2n) is 0.429. The fourth-order valence-corrected chi connectivity index (χ4v) is 0. The molecule has 0 rings (SSSR count). The third kappa shape index (κ3) is 83.4. The molecular formula is H8I4O4Sn. The molecule has 0 saturated heterocycles. The number of halogens is 4. The Hall–Kier alpha value is 3.56. The van der Waals surface area contributed by atoms with Crippen LogP contribution in [0.3, 0.4) is 0 Å². The van der Waals surface area contributed by atoms with E-state index in [1.807, 2.05) is 0 Å². The van der Waals surface area contributed by atoms with Crippen LogP contribution in [-0.4, -0.2) is 24.4 Å². The van der Waals surface area contributed by atoms with E-state index in [4.69, 9.17) is 0 Å². The van der Waals surface area contributed by atoms with E-state index in [2.05, 4.69) is 74.5 Å². The van der Waals surface area contributed by atoms with Gasteiger partial charge in [-0.1, -0.05) is 0 Å². The Morgan fingerprint density at radius 2 is 0.556 bits per heavy atom. The van der Waals surface area contributed by atoms with Crippen LogP contribution in [0.25, 0.3) is 0 Å². The van der Waals surface area contributed by atoms with Gasteiger partial charge >= 0.3 is 77.0 Å². The first-order valence-corrected chi connectivity index (χ1v) is 34.0. The van der Waals surface area contributed by atoms with Crippen molar-refractivity contribution in [3.63, 3.8) is 0 Å². The zero-order valence-electron chi connectivity index (χ0n) is 4.01. The van der Waals surface area contributed by atoms with Crippen LogP contribution < -0.4 is 0 Å². The Morgan fingerprint density at radius 1 is 0.556 bits per heavy atom. The third-order valence-electron chi connectivity index (χ3n) is 0. The Morgan fingerprint density at radius 3 is 0.556 bits per heavy atom. The summed E-state index contributed by atoms with van der Waals surface area (Å²) in [5, 5.41) is 0.